The highest BCUT2D eigenvalue weighted by molar-refractivity contribution is 5.03. The molecule has 0 saturated heterocycles. The summed E-state index contributed by atoms with van der Waals surface area (Å²) < 4.78 is 1.79. The van der Waals surface area contributed by atoms with Crippen LogP contribution in [-0.4, -0.2) is 77.1 Å². The summed E-state index contributed by atoms with van der Waals surface area (Å²) in [5.41, 5.74) is 0.637. The molecule has 1 aliphatic carbocycles. The van der Waals surface area contributed by atoms with Gasteiger partial charge in [0.15, 0.2) is 0 Å². The molecule has 6 atom stereocenters. The molecule has 2 unspecified atom stereocenters. The predicted octanol–water partition coefficient (Wildman–Crippen LogP) is 1.26. The van der Waals surface area contributed by atoms with Gasteiger partial charge in [-0.2, -0.15) is 0 Å². The molecule has 186 valence electrons. The molecule has 9 nitrogen and oxygen atoms in total. The Morgan fingerprint density at radius 2 is 1.19 bits per heavy atom. The second kappa shape index (κ2) is 14.9. The highest BCUT2D eigenvalue weighted by Gasteiger charge is 2.47. The van der Waals surface area contributed by atoms with Gasteiger partial charge in [-0.05, 0) is 6.42 Å². The van der Waals surface area contributed by atoms with Crippen LogP contribution in [-0.2, 0) is 13.1 Å². The lowest BCUT2D eigenvalue weighted by molar-refractivity contribution is -0.190. The van der Waals surface area contributed by atoms with Crippen LogP contribution in [0.15, 0.2) is 6.20 Å². The van der Waals surface area contributed by atoms with Gasteiger partial charge in [0.2, 0.25) is 0 Å². The van der Waals surface area contributed by atoms with Crippen LogP contribution >= 0.6 is 0 Å². The molecule has 32 heavy (non-hydrogen) atoms. The van der Waals surface area contributed by atoms with E-state index in [-0.39, 0.29) is 6.54 Å². The Hall–Kier alpha value is -1.10. The van der Waals surface area contributed by atoms with Gasteiger partial charge in [-0.3, -0.25) is 4.68 Å². The number of nitrogens with zero attached hydrogens (tertiary/aromatic N) is 3. The normalized spacial score (nSPS) is 28.3. The van der Waals surface area contributed by atoms with Crippen LogP contribution in [0, 0.1) is 0 Å². The summed E-state index contributed by atoms with van der Waals surface area (Å²) in [6.07, 6.45) is 9.98. The van der Waals surface area contributed by atoms with Crippen LogP contribution in [0.2, 0.25) is 0 Å². The van der Waals surface area contributed by atoms with Gasteiger partial charge in [-0.25, -0.2) is 0 Å². The van der Waals surface area contributed by atoms with E-state index in [1.54, 1.807) is 4.68 Å². The molecule has 0 aliphatic heterocycles. The molecule has 1 heterocycles. The van der Waals surface area contributed by atoms with Crippen LogP contribution in [0.5, 0.6) is 0 Å². The molecule has 9 heteroatoms. The fraction of sp³-hybridized carbons (Fsp3) is 0.913. The number of nitrogens with one attached hydrogen (secondary N) is 1. The number of hydrogen-bond donors (Lipinski definition) is 6. The molecule has 1 aromatic heterocycles. The monoisotopic (exact) mass is 456 g/mol. The smallest absolute Gasteiger partial charge is 0.111 e. The van der Waals surface area contributed by atoms with Crippen LogP contribution in [0.3, 0.4) is 0 Å². The van der Waals surface area contributed by atoms with Gasteiger partial charge in [0.1, 0.15) is 30.5 Å². The molecular formula is C23H44N4O5. The zero-order valence-electron chi connectivity index (χ0n) is 19.5. The standard InChI is InChI=1S/C23H44N4O5/c1-2-3-4-5-6-7-8-9-10-11-12-13-14-27-16-17(25-26-27)15-24-18-19(28)21(30)23(32)22(31)20(18)29/h16,18-24,28-32H,2-15H2,1H3/t18?,19-,20+,21+,22-,23?. The Kier molecular flexibility index (Phi) is 12.7. The summed E-state index contributed by atoms with van der Waals surface area (Å²) >= 11 is 0. The average molecular weight is 457 g/mol. The van der Waals surface area contributed by atoms with E-state index < -0.39 is 36.6 Å². The number of aliphatic hydroxyl groups is 5. The van der Waals surface area contributed by atoms with E-state index >= 15 is 0 Å². The first kappa shape index (κ1) is 27.1. The van der Waals surface area contributed by atoms with E-state index in [4.69, 9.17) is 0 Å². The summed E-state index contributed by atoms with van der Waals surface area (Å²) in [5.74, 6) is 0. The second-order valence-electron chi connectivity index (χ2n) is 9.22. The number of aliphatic hydroxyl groups excluding tert-OH is 5. The molecule has 6 N–H and O–H groups in total. The Morgan fingerprint density at radius 3 is 1.72 bits per heavy atom. The summed E-state index contributed by atoms with van der Waals surface area (Å²) in [7, 11) is 0. The lowest BCUT2D eigenvalue weighted by Gasteiger charge is -2.42. The zero-order valence-corrected chi connectivity index (χ0v) is 19.5. The molecule has 0 amide bonds. The third-order valence-electron chi connectivity index (χ3n) is 6.48. The number of aryl methyl sites for hydroxylation is 1. The number of rotatable bonds is 16. The van der Waals surface area contributed by atoms with Crippen molar-refractivity contribution in [2.75, 3.05) is 0 Å². The lowest BCUT2D eigenvalue weighted by Crippen LogP contribution is -2.67. The van der Waals surface area contributed by atoms with Gasteiger partial charge in [-0.15, -0.1) is 5.10 Å². The Bertz CT molecular complexity index is 601. The minimum absolute atomic E-state index is 0.215. The van der Waals surface area contributed by atoms with Crippen molar-refractivity contribution >= 4 is 0 Å². The molecule has 1 aliphatic rings. The van der Waals surface area contributed by atoms with Crippen molar-refractivity contribution in [2.45, 2.75) is 134 Å². The van der Waals surface area contributed by atoms with Crippen molar-refractivity contribution in [1.82, 2.24) is 20.3 Å². The van der Waals surface area contributed by atoms with Crippen molar-refractivity contribution in [1.29, 1.82) is 0 Å². The SMILES string of the molecule is CCCCCCCCCCCCCCn1cc(CNC2[C@@H](O)[C@H](O)C(O)[C@H](O)[C@H]2O)nn1. The first-order chi connectivity index (χ1) is 15.5. The van der Waals surface area contributed by atoms with E-state index in [1.165, 1.54) is 70.6 Å². The minimum Gasteiger partial charge on any atom is -0.389 e. The fourth-order valence-electron chi connectivity index (χ4n) is 4.34. The number of hydrogen-bond acceptors (Lipinski definition) is 8. The molecule has 0 bridgehead atoms. The van der Waals surface area contributed by atoms with E-state index in [9.17, 15) is 25.5 Å². The zero-order chi connectivity index (χ0) is 23.3. The number of aromatic nitrogens is 3. The van der Waals surface area contributed by atoms with Crippen molar-refractivity contribution in [2.24, 2.45) is 0 Å². The summed E-state index contributed by atoms with van der Waals surface area (Å²) in [4.78, 5) is 0. The highest BCUT2D eigenvalue weighted by atomic mass is 16.4. The molecule has 2 rings (SSSR count). The minimum atomic E-state index is -1.59. The first-order valence-electron chi connectivity index (χ1n) is 12.5. The Morgan fingerprint density at radius 1 is 0.719 bits per heavy atom. The highest BCUT2D eigenvalue weighted by Crippen LogP contribution is 2.21. The van der Waals surface area contributed by atoms with Gasteiger partial charge in [0, 0.05) is 19.3 Å². The van der Waals surface area contributed by atoms with Gasteiger partial charge < -0.3 is 30.8 Å². The van der Waals surface area contributed by atoms with E-state index in [0.717, 1.165) is 13.0 Å². The maximum absolute atomic E-state index is 10.1. The quantitative estimate of drug-likeness (QED) is 0.204. The van der Waals surface area contributed by atoms with Crippen molar-refractivity contribution in [3.05, 3.63) is 11.9 Å². The Balaban J connectivity index is 1.55. The fourth-order valence-corrected chi connectivity index (χ4v) is 4.34. The lowest BCUT2D eigenvalue weighted by atomic mass is 9.83. The molecule has 1 fully saturated rings. The van der Waals surface area contributed by atoms with Crippen molar-refractivity contribution in [3.63, 3.8) is 0 Å². The predicted molar refractivity (Wildman–Crippen MR) is 122 cm³/mol. The van der Waals surface area contributed by atoms with Crippen molar-refractivity contribution < 1.29 is 25.5 Å². The van der Waals surface area contributed by atoms with Gasteiger partial charge >= 0.3 is 0 Å². The second-order valence-corrected chi connectivity index (χ2v) is 9.22. The molecule has 1 saturated carbocycles. The Labute approximate surface area is 191 Å². The maximum atomic E-state index is 10.1. The van der Waals surface area contributed by atoms with Crippen molar-refractivity contribution in [3.8, 4) is 0 Å². The molecule has 0 aromatic carbocycles. The first-order valence-corrected chi connectivity index (χ1v) is 12.5. The molecule has 1 aromatic rings. The molecule has 0 spiro atoms. The summed E-state index contributed by atoms with van der Waals surface area (Å²) in [6, 6.07) is -0.982. The summed E-state index contributed by atoms with van der Waals surface area (Å²) in [5, 5.41) is 60.5. The number of unbranched alkanes of at least 4 members (excludes halogenated alkanes) is 11. The molecular weight excluding hydrogens is 412 g/mol. The van der Waals surface area contributed by atoms with Gasteiger partial charge in [0.25, 0.3) is 0 Å². The third-order valence-corrected chi connectivity index (χ3v) is 6.48. The maximum Gasteiger partial charge on any atom is 0.111 e. The largest absolute Gasteiger partial charge is 0.389 e. The van der Waals surface area contributed by atoms with E-state index in [1.807, 2.05) is 6.20 Å². The van der Waals surface area contributed by atoms with Crippen LogP contribution in [0.1, 0.15) is 89.7 Å². The topological polar surface area (TPSA) is 144 Å². The van der Waals surface area contributed by atoms with Crippen LogP contribution in [0.4, 0.5) is 0 Å². The van der Waals surface area contributed by atoms with E-state index in [0.29, 0.717) is 5.69 Å². The van der Waals surface area contributed by atoms with Crippen LogP contribution < -0.4 is 5.32 Å². The van der Waals surface area contributed by atoms with Crippen LogP contribution in [0.25, 0.3) is 0 Å². The summed E-state index contributed by atoms with van der Waals surface area (Å²) in [6.45, 7) is 3.26. The third kappa shape index (κ3) is 8.68. The van der Waals surface area contributed by atoms with E-state index in [2.05, 4.69) is 22.6 Å². The van der Waals surface area contributed by atoms with Gasteiger partial charge in [-0.1, -0.05) is 82.8 Å². The molecule has 0 radical (unpaired) electrons. The average Bonchev–Trinajstić information content (AvgIpc) is 3.24. The van der Waals surface area contributed by atoms with Gasteiger partial charge in [0.05, 0.1) is 11.7 Å².